The van der Waals surface area contributed by atoms with Gasteiger partial charge in [0.25, 0.3) is 0 Å². The molecule has 0 aliphatic heterocycles. The fraction of sp³-hybridized carbons (Fsp3) is 1.00. The third-order valence-corrected chi connectivity index (χ3v) is 3.02. The average molecular weight is 273 g/mol. The standard InChI is InChI=1S/2C8H18.C3H8/c1-4-6-8(3)7-5-2;1-3-5-7-8-6-4-2;1-3-2/h8H,4-7H2,1-3H3;3-8H2,1-2H3;3H2,1-2H3. The van der Waals surface area contributed by atoms with Crippen LogP contribution in [0.25, 0.3) is 0 Å². The van der Waals surface area contributed by atoms with Gasteiger partial charge in [-0.1, -0.05) is 119 Å². The SMILES string of the molecule is CCC.CCCC(C)CCC.CCCCCCCC. The van der Waals surface area contributed by atoms with E-state index in [1.165, 1.54) is 70.6 Å². The summed E-state index contributed by atoms with van der Waals surface area (Å²) in [5.74, 6) is 0.963. The first kappa shape index (κ1) is 24.0. The van der Waals surface area contributed by atoms with E-state index in [1.54, 1.807) is 0 Å². The van der Waals surface area contributed by atoms with E-state index in [1.807, 2.05) is 0 Å². The Morgan fingerprint density at radius 3 is 1.05 bits per heavy atom. The molecule has 0 bridgehead atoms. The van der Waals surface area contributed by atoms with E-state index in [9.17, 15) is 0 Å². The molecule has 120 valence electrons. The van der Waals surface area contributed by atoms with Crippen molar-refractivity contribution in [2.75, 3.05) is 0 Å². The molecular formula is C19H44. The van der Waals surface area contributed by atoms with E-state index in [0.29, 0.717) is 0 Å². The second-order valence-corrected chi connectivity index (χ2v) is 5.80. The fourth-order valence-electron chi connectivity index (χ4n) is 1.98. The maximum Gasteiger partial charge on any atom is -0.0443 e. The summed E-state index contributed by atoms with van der Waals surface area (Å²) in [5.41, 5.74) is 0. The number of unbranched alkanes of at least 4 members (excludes halogenated alkanes) is 5. The molecule has 0 saturated heterocycles. The maximum atomic E-state index is 2.34. The highest BCUT2D eigenvalue weighted by Crippen LogP contribution is 2.10. The summed E-state index contributed by atoms with van der Waals surface area (Å²) in [6.07, 6.45) is 15.3. The van der Waals surface area contributed by atoms with Crippen molar-refractivity contribution in [2.24, 2.45) is 5.92 Å². The summed E-state index contributed by atoms with van der Waals surface area (Å²) in [4.78, 5) is 0. The van der Waals surface area contributed by atoms with E-state index in [-0.39, 0.29) is 0 Å². The second-order valence-electron chi connectivity index (χ2n) is 5.80. The third kappa shape index (κ3) is 38.1. The first-order valence-electron chi connectivity index (χ1n) is 9.14. The first-order chi connectivity index (χ1) is 9.14. The Morgan fingerprint density at radius 2 is 0.842 bits per heavy atom. The lowest BCUT2D eigenvalue weighted by Gasteiger charge is -2.05. The van der Waals surface area contributed by atoms with Crippen LogP contribution in [-0.4, -0.2) is 0 Å². The highest BCUT2D eigenvalue weighted by atomic mass is 14.0. The number of hydrogen-bond donors (Lipinski definition) is 0. The van der Waals surface area contributed by atoms with Gasteiger partial charge in [-0.25, -0.2) is 0 Å². The molecule has 0 spiro atoms. The Morgan fingerprint density at radius 1 is 0.526 bits per heavy atom. The minimum Gasteiger partial charge on any atom is -0.0656 e. The van der Waals surface area contributed by atoms with Gasteiger partial charge in [-0.15, -0.1) is 0 Å². The molecule has 0 rings (SSSR count). The van der Waals surface area contributed by atoms with Crippen LogP contribution in [0.2, 0.25) is 0 Å². The lowest BCUT2D eigenvalue weighted by atomic mass is 10.0. The van der Waals surface area contributed by atoms with Crippen molar-refractivity contribution in [1.29, 1.82) is 0 Å². The highest BCUT2D eigenvalue weighted by molar-refractivity contribution is 4.48. The van der Waals surface area contributed by atoms with E-state index < -0.39 is 0 Å². The lowest BCUT2D eigenvalue weighted by Crippen LogP contribution is -1.91. The van der Waals surface area contributed by atoms with Gasteiger partial charge in [0, 0.05) is 0 Å². The summed E-state index contributed by atoms with van der Waals surface area (Å²) < 4.78 is 0. The van der Waals surface area contributed by atoms with Gasteiger partial charge in [0.05, 0.1) is 0 Å². The summed E-state index contributed by atoms with van der Waals surface area (Å²) >= 11 is 0. The van der Waals surface area contributed by atoms with Gasteiger partial charge in [-0.05, 0) is 5.92 Å². The normalized spacial score (nSPS) is 9.47. The molecule has 19 heavy (non-hydrogen) atoms. The van der Waals surface area contributed by atoms with E-state index >= 15 is 0 Å². The quantitative estimate of drug-likeness (QED) is 0.373. The molecule has 0 heteroatoms. The maximum absolute atomic E-state index is 2.34. The molecule has 0 nitrogen and oxygen atoms in total. The van der Waals surface area contributed by atoms with Gasteiger partial charge in [0.1, 0.15) is 0 Å². The fourth-order valence-corrected chi connectivity index (χ4v) is 1.98. The molecule has 0 atom stereocenters. The van der Waals surface area contributed by atoms with Crippen molar-refractivity contribution in [3.8, 4) is 0 Å². The average Bonchev–Trinajstić information content (AvgIpc) is 2.37. The predicted molar refractivity (Wildman–Crippen MR) is 94.0 cm³/mol. The van der Waals surface area contributed by atoms with Crippen LogP contribution in [0.1, 0.15) is 119 Å². The second kappa shape index (κ2) is 26.5. The summed E-state index contributed by atoms with van der Waals surface area (Å²) in [6, 6.07) is 0. The van der Waals surface area contributed by atoms with Crippen molar-refractivity contribution < 1.29 is 0 Å². The number of rotatable bonds is 9. The smallest absolute Gasteiger partial charge is 0.0443 e. The van der Waals surface area contributed by atoms with Crippen molar-refractivity contribution in [3.05, 3.63) is 0 Å². The van der Waals surface area contributed by atoms with Crippen LogP contribution in [0.4, 0.5) is 0 Å². The van der Waals surface area contributed by atoms with Gasteiger partial charge < -0.3 is 0 Å². The lowest BCUT2D eigenvalue weighted by molar-refractivity contribution is 0.480. The Labute approximate surface area is 125 Å². The molecule has 0 fully saturated rings. The highest BCUT2D eigenvalue weighted by Gasteiger charge is 1.95. The molecule has 0 unspecified atom stereocenters. The van der Waals surface area contributed by atoms with Crippen LogP contribution in [0.5, 0.6) is 0 Å². The van der Waals surface area contributed by atoms with Crippen LogP contribution >= 0.6 is 0 Å². The Hall–Kier alpha value is 0. The third-order valence-electron chi connectivity index (χ3n) is 3.02. The first-order valence-corrected chi connectivity index (χ1v) is 9.14. The molecule has 0 aromatic carbocycles. The summed E-state index contributed by atoms with van der Waals surface area (Å²) in [5, 5.41) is 0. The zero-order valence-electron chi connectivity index (χ0n) is 15.4. The minimum absolute atomic E-state index is 0.963. The molecule has 0 N–H and O–H groups in total. The zero-order valence-corrected chi connectivity index (χ0v) is 15.4. The van der Waals surface area contributed by atoms with Gasteiger partial charge in [0.15, 0.2) is 0 Å². The molecule has 0 aliphatic carbocycles. The number of hydrogen-bond acceptors (Lipinski definition) is 0. The van der Waals surface area contributed by atoms with E-state index in [4.69, 9.17) is 0 Å². The monoisotopic (exact) mass is 272 g/mol. The molecular weight excluding hydrogens is 228 g/mol. The van der Waals surface area contributed by atoms with Gasteiger partial charge >= 0.3 is 0 Å². The molecule has 0 radical (unpaired) electrons. The van der Waals surface area contributed by atoms with Gasteiger partial charge in [0.2, 0.25) is 0 Å². The van der Waals surface area contributed by atoms with E-state index in [2.05, 4.69) is 48.5 Å². The predicted octanol–water partition coefficient (Wildman–Crippen LogP) is 8.01. The minimum atomic E-state index is 0.963. The molecule has 0 aromatic heterocycles. The largest absolute Gasteiger partial charge is 0.0656 e. The van der Waals surface area contributed by atoms with Crippen molar-refractivity contribution in [3.63, 3.8) is 0 Å². The molecule has 0 saturated carbocycles. The van der Waals surface area contributed by atoms with Crippen molar-refractivity contribution >= 4 is 0 Å². The Balaban J connectivity index is -0.000000224. The zero-order chi connectivity index (χ0) is 15.4. The topological polar surface area (TPSA) is 0 Å². The van der Waals surface area contributed by atoms with Gasteiger partial charge in [-0.3, -0.25) is 0 Å². The molecule has 0 aliphatic rings. The van der Waals surface area contributed by atoms with Crippen LogP contribution in [0, 0.1) is 5.92 Å². The van der Waals surface area contributed by atoms with Crippen LogP contribution < -0.4 is 0 Å². The van der Waals surface area contributed by atoms with Crippen molar-refractivity contribution in [1.82, 2.24) is 0 Å². The molecule has 0 heterocycles. The molecule has 0 amide bonds. The van der Waals surface area contributed by atoms with E-state index in [0.717, 1.165) is 5.92 Å². The van der Waals surface area contributed by atoms with Crippen molar-refractivity contribution in [2.45, 2.75) is 119 Å². The van der Waals surface area contributed by atoms with Crippen LogP contribution in [-0.2, 0) is 0 Å². The summed E-state index contributed by atoms with van der Waals surface area (Å²) in [6.45, 7) is 15.6. The van der Waals surface area contributed by atoms with Crippen LogP contribution in [0.3, 0.4) is 0 Å². The van der Waals surface area contributed by atoms with Crippen LogP contribution in [0.15, 0.2) is 0 Å². The van der Waals surface area contributed by atoms with Gasteiger partial charge in [-0.2, -0.15) is 0 Å². The summed E-state index contributed by atoms with van der Waals surface area (Å²) in [7, 11) is 0. The Bertz CT molecular complexity index is 94.6. The molecule has 0 aromatic rings. The Kier molecular flexibility index (Phi) is 33.6.